The summed E-state index contributed by atoms with van der Waals surface area (Å²) in [6.07, 6.45) is 4.24. The van der Waals surface area contributed by atoms with Gasteiger partial charge in [-0.1, -0.05) is 24.3 Å². The summed E-state index contributed by atoms with van der Waals surface area (Å²) >= 11 is 0. The van der Waals surface area contributed by atoms with Crippen LogP contribution in [0.5, 0.6) is 0 Å². The fourth-order valence-corrected chi connectivity index (χ4v) is 1.90. The van der Waals surface area contributed by atoms with Gasteiger partial charge in [-0.05, 0) is 24.0 Å². The number of aliphatic imine (C=N–C) groups is 1. The summed E-state index contributed by atoms with van der Waals surface area (Å²) in [4.78, 5) is 6.55. The van der Waals surface area contributed by atoms with Gasteiger partial charge in [-0.25, -0.2) is 0 Å². The van der Waals surface area contributed by atoms with Crippen LogP contribution < -0.4 is 0 Å². The van der Waals surface area contributed by atoms with Crippen molar-refractivity contribution in [3.05, 3.63) is 35.4 Å². The molecule has 0 spiro atoms. The SMILES string of the molecule is CN(C)C=N[C@@H]1CCc2ccccc21. The minimum atomic E-state index is 0.383. The molecule has 2 heteroatoms. The predicted octanol–water partition coefficient (Wildman–Crippen LogP) is 2.26. The van der Waals surface area contributed by atoms with Gasteiger partial charge in [0.2, 0.25) is 0 Å². The number of rotatable bonds is 2. The average Bonchev–Trinajstić information content (AvgIpc) is 2.58. The Balaban J connectivity index is 2.18. The molecule has 0 aromatic heterocycles. The van der Waals surface area contributed by atoms with Gasteiger partial charge >= 0.3 is 0 Å². The van der Waals surface area contributed by atoms with Crippen LogP contribution in [-0.2, 0) is 6.42 Å². The largest absolute Gasteiger partial charge is 0.369 e. The van der Waals surface area contributed by atoms with Crippen LogP contribution in [0.3, 0.4) is 0 Å². The van der Waals surface area contributed by atoms with E-state index in [1.54, 1.807) is 0 Å². The Hall–Kier alpha value is -1.31. The molecule has 1 aliphatic rings. The van der Waals surface area contributed by atoms with Crippen LogP contribution in [0.1, 0.15) is 23.6 Å². The van der Waals surface area contributed by atoms with Gasteiger partial charge in [-0.15, -0.1) is 0 Å². The van der Waals surface area contributed by atoms with Crippen molar-refractivity contribution >= 4 is 6.34 Å². The first-order valence-corrected chi connectivity index (χ1v) is 5.05. The summed E-state index contributed by atoms with van der Waals surface area (Å²) in [5, 5.41) is 0. The van der Waals surface area contributed by atoms with E-state index in [0.717, 1.165) is 6.42 Å². The van der Waals surface area contributed by atoms with E-state index in [9.17, 15) is 0 Å². The summed E-state index contributed by atoms with van der Waals surface area (Å²) < 4.78 is 0. The van der Waals surface area contributed by atoms with Gasteiger partial charge in [0.1, 0.15) is 0 Å². The van der Waals surface area contributed by atoms with E-state index in [1.165, 1.54) is 17.5 Å². The molecular formula is C12H16N2. The standard InChI is InChI=1S/C12H16N2/c1-14(2)9-13-12-8-7-10-5-3-4-6-11(10)12/h3-6,9,12H,7-8H2,1-2H3/t12-/m1/s1. The lowest BCUT2D eigenvalue weighted by Gasteiger charge is -2.08. The average molecular weight is 188 g/mol. The third-order valence-corrected chi connectivity index (χ3v) is 2.58. The highest BCUT2D eigenvalue weighted by atomic mass is 15.1. The Kier molecular flexibility index (Phi) is 2.53. The second kappa shape index (κ2) is 3.82. The van der Waals surface area contributed by atoms with Gasteiger partial charge in [0.25, 0.3) is 0 Å². The molecule has 14 heavy (non-hydrogen) atoms. The summed E-state index contributed by atoms with van der Waals surface area (Å²) in [7, 11) is 4.01. The molecule has 0 fully saturated rings. The second-order valence-electron chi connectivity index (χ2n) is 3.98. The highest BCUT2D eigenvalue weighted by Crippen LogP contribution is 2.33. The van der Waals surface area contributed by atoms with E-state index >= 15 is 0 Å². The maximum Gasteiger partial charge on any atom is 0.0852 e. The van der Waals surface area contributed by atoms with Gasteiger partial charge in [-0.2, -0.15) is 0 Å². The zero-order valence-corrected chi connectivity index (χ0v) is 8.77. The molecule has 0 radical (unpaired) electrons. The van der Waals surface area contributed by atoms with Gasteiger partial charge in [0.05, 0.1) is 12.4 Å². The summed E-state index contributed by atoms with van der Waals surface area (Å²) in [5.74, 6) is 0. The number of hydrogen-bond donors (Lipinski definition) is 0. The Bertz CT molecular complexity index is 342. The zero-order valence-electron chi connectivity index (χ0n) is 8.77. The minimum Gasteiger partial charge on any atom is -0.369 e. The molecule has 2 nitrogen and oxygen atoms in total. The van der Waals surface area contributed by atoms with Crippen molar-refractivity contribution in [2.75, 3.05) is 14.1 Å². The summed E-state index contributed by atoms with van der Waals surface area (Å²) in [6, 6.07) is 8.99. The molecule has 1 aromatic carbocycles. The molecule has 2 rings (SSSR count). The molecule has 0 unspecified atom stereocenters. The van der Waals surface area contributed by atoms with Crippen molar-refractivity contribution in [1.82, 2.24) is 4.90 Å². The van der Waals surface area contributed by atoms with Gasteiger partial charge in [0.15, 0.2) is 0 Å². The smallest absolute Gasteiger partial charge is 0.0852 e. The molecule has 1 aliphatic carbocycles. The molecular weight excluding hydrogens is 172 g/mol. The number of benzene rings is 1. The maximum absolute atomic E-state index is 4.56. The number of fused-ring (bicyclic) bond motifs is 1. The van der Waals surface area contributed by atoms with Gasteiger partial charge < -0.3 is 4.90 Å². The van der Waals surface area contributed by atoms with Crippen LogP contribution in [0.25, 0.3) is 0 Å². The highest BCUT2D eigenvalue weighted by Gasteiger charge is 2.20. The minimum absolute atomic E-state index is 0.383. The molecule has 0 bridgehead atoms. The van der Waals surface area contributed by atoms with E-state index in [1.807, 2.05) is 25.3 Å². The van der Waals surface area contributed by atoms with Crippen LogP contribution in [-0.4, -0.2) is 25.3 Å². The Morgan fingerprint density at radius 2 is 2.14 bits per heavy atom. The lowest BCUT2D eigenvalue weighted by Crippen LogP contribution is -2.08. The Labute approximate surface area is 85.3 Å². The van der Waals surface area contributed by atoms with E-state index < -0.39 is 0 Å². The Morgan fingerprint density at radius 1 is 1.36 bits per heavy atom. The lowest BCUT2D eigenvalue weighted by molar-refractivity contribution is 0.621. The van der Waals surface area contributed by atoms with E-state index in [-0.39, 0.29) is 0 Å². The zero-order chi connectivity index (χ0) is 9.97. The van der Waals surface area contributed by atoms with Crippen LogP contribution in [0.4, 0.5) is 0 Å². The van der Waals surface area contributed by atoms with Crippen molar-refractivity contribution in [3.8, 4) is 0 Å². The van der Waals surface area contributed by atoms with Crippen LogP contribution in [0.15, 0.2) is 29.3 Å². The lowest BCUT2D eigenvalue weighted by atomic mass is 10.1. The number of hydrogen-bond acceptors (Lipinski definition) is 1. The summed E-state index contributed by atoms with van der Waals surface area (Å²) in [6.45, 7) is 0. The molecule has 0 saturated carbocycles. The van der Waals surface area contributed by atoms with Gasteiger partial charge in [0, 0.05) is 14.1 Å². The van der Waals surface area contributed by atoms with Crippen molar-refractivity contribution < 1.29 is 0 Å². The topological polar surface area (TPSA) is 15.6 Å². The third kappa shape index (κ3) is 1.79. The van der Waals surface area contributed by atoms with E-state index in [0.29, 0.717) is 6.04 Å². The molecule has 74 valence electrons. The first-order valence-electron chi connectivity index (χ1n) is 5.05. The quantitative estimate of drug-likeness (QED) is 0.513. The van der Waals surface area contributed by atoms with Crippen LogP contribution >= 0.6 is 0 Å². The fraction of sp³-hybridized carbons (Fsp3) is 0.417. The molecule has 0 aliphatic heterocycles. The molecule has 0 N–H and O–H groups in total. The maximum atomic E-state index is 4.56. The molecule has 0 saturated heterocycles. The molecule has 1 atom stereocenters. The normalized spacial score (nSPS) is 20.0. The van der Waals surface area contributed by atoms with E-state index in [2.05, 4.69) is 29.3 Å². The van der Waals surface area contributed by atoms with Crippen molar-refractivity contribution in [1.29, 1.82) is 0 Å². The number of aryl methyl sites for hydroxylation is 1. The highest BCUT2D eigenvalue weighted by molar-refractivity contribution is 5.55. The van der Waals surface area contributed by atoms with Crippen molar-refractivity contribution in [3.63, 3.8) is 0 Å². The monoisotopic (exact) mass is 188 g/mol. The second-order valence-corrected chi connectivity index (χ2v) is 3.98. The van der Waals surface area contributed by atoms with Crippen molar-refractivity contribution in [2.45, 2.75) is 18.9 Å². The fourth-order valence-electron chi connectivity index (χ4n) is 1.90. The number of nitrogens with zero attached hydrogens (tertiary/aromatic N) is 2. The first-order chi connectivity index (χ1) is 6.77. The van der Waals surface area contributed by atoms with Crippen LogP contribution in [0.2, 0.25) is 0 Å². The van der Waals surface area contributed by atoms with Crippen LogP contribution in [0, 0.1) is 0 Å². The van der Waals surface area contributed by atoms with Crippen molar-refractivity contribution in [2.24, 2.45) is 4.99 Å². The van der Waals surface area contributed by atoms with E-state index in [4.69, 9.17) is 0 Å². The van der Waals surface area contributed by atoms with Gasteiger partial charge in [-0.3, -0.25) is 4.99 Å². The molecule has 0 amide bonds. The first kappa shape index (κ1) is 9.25. The predicted molar refractivity (Wildman–Crippen MR) is 59.7 cm³/mol. The summed E-state index contributed by atoms with van der Waals surface area (Å²) in [5.41, 5.74) is 2.87. The molecule has 0 heterocycles. The Morgan fingerprint density at radius 3 is 2.93 bits per heavy atom. The molecule has 1 aromatic rings. The third-order valence-electron chi connectivity index (χ3n) is 2.58.